The van der Waals surface area contributed by atoms with Gasteiger partial charge in [0.2, 0.25) is 0 Å². The second-order valence-electron chi connectivity index (χ2n) is 6.30. The molecule has 0 radical (unpaired) electrons. The predicted molar refractivity (Wildman–Crippen MR) is 69.8 cm³/mol. The molecule has 0 aromatic carbocycles. The van der Waals surface area contributed by atoms with E-state index in [1.165, 1.54) is 0 Å². The van der Waals surface area contributed by atoms with Gasteiger partial charge in [0.25, 0.3) is 0 Å². The number of fused-ring (bicyclic) bond motifs is 2. The van der Waals surface area contributed by atoms with Crippen LogP contribution < -0.4 is 0 Å². The minimum atomic E-state index is -3.10. The van der Waals surface area contributed by atoms with E-state index in [-0.39, 0.29) is 17.9 Å². The van der Waals surface area contributed by atoms with Crippen LogP contribution in [-0.4, -0.2) is 18.0 Å². The average molecular weight is 287 g/mol. The second kappa shape index (κ2) is 5.57. The van der Waals surface area contributed by atoms with Gasteiger partial charge in [-0.15, -0.1) is 0 Å². The molecule has 0 spiro atoms. The first-order valence-corrected chi connectivity index (χ1v) is 7.46. The highest BCUT2D eigenvalue weighted by Crippen LogP contribution is 2.54. The molecular formula is C15H23F2NO2. The number of nitrogens with zero attached hydrogens (tertiary/aromatic N) is 1. The van der Waals surface area contributed by atoms with Crippen LogP contribution in [0.2, 0.25) is 0 Å². The molecule has 3 nitrogen and oxygen atoms in total. The van der Waals surface area contributed by atoms with Crippen LogP contribution in [0.3, 0.4) is 0 Å². The zero-order chi connectivity index (χ0) is 15.0. The Morgan fingerprint density at radius 2 is 2.05 bits per heavy atom. The van der Waals surface area contributed by atoms with Gasteiger partial charge >= 0.3 is 6.11 Å². The summed E-state index contributed by atoms with van der Waals surface area (Å²) in [7, 11) is 0. The van der Waals surface area contributed by atoms with Gasteiger partial charge < -0.3 is 4.74 Å². The molecule has 2 bridgehead atoms. The van der Waals surface area contributed by atoms with Crippen molar-refractivity contribution in [3.63, 3.8) is 0 Å². The molecule has 2 rings (SSSR count). The Bertz CT molecular complexity index is 396. The van der Waals surface area contributed by atoms with Gasteiger partial charge in [-0.3, -0.25) is 4.74 Å². The van der Waals surface area contributed by atoms with E-state index in [1.54, 1.807) is 6.92 Å². The van der Waals surface area contributed by atoms with E-state index in [1.807, 2.05) is 13.8 Å². The maximum atomic E-state index is 13.9. The van der Waals surface area contributed by atoms with Crippen LogP contribution in [0.25, 0.3) is 0 Å². The molecule has 1 saturated heterocycles. The van der Waals surface area contributed by atoms with Crippen molar-refractivity contribution in [2.45, 2.75) is 70.9 Å². The van der Waals surface area contributed by atoms with Crippen molar-refractivity contribution in [1.82, 2.24) is 0 Å². The fraction of sp³-hybridized carbons (Fsp3) is 0.933. The van der Waals surface area contributed by atoms with E-state index in [0.29, 0.717) is 25.7 Å². The van der Waals surface area contributed by atoms with Crippen molar-refractivity contribution in [2.75, 3.05) is 0 Å². The van der Waals surface area contributed by atoms with Crippen molar-refractivity contribution in [2.24, 2.45) is 17.8 Å². The van der Waals surface area contributed by atoms with Crippen molar-refractivity contribution < 1.29 is 18.3 Å². The predicted octanol–water partition coefficient (Wildman–Crippen LogP) is 4.09. The fourth-order valence-electron chi connectivity index (χ4n) is 3.40. The molecule has 2 fully saturated rings. The van der Waals surface area contributed by atoms with Crippen molar-refractivity contribution >= 4 is 0 Å². The number of rotatable bonds is 5. The van der Waals surface area contributed by atoms with Gasteiger partial charge in [-0.1, -0.05) is 6.92 Å². The van der Waals surface area contributed by atoms with E-state index in [2.05, 4.69) is 6.07 Å². The second-order valence-corrected chi connectivity index (χ2v) is 6.30. The first kappa shape index (κ1) is 15.7. The van der Waals surface area contributed by atoms with Gasteiger partial charge in [0.1, 0.15) is 0 Å². The smallest absolute Gasteiger partial charge is 0.346 e. The summed E-state index contributed by atoms with van der Waals surface area (Å²) in [6, 6.07) is 2.16. The lowest BCUT2D eigenvalue weighted by Gasteiger charge is -2.44. The highest BCUT2D eigenvalue weighted by Gasteiger charge is 2.60. The minimum absolute atomic E-state index is 0.0265. The molecular weight excluding hydrogens is 264 g/mol. The molecule has 5 atom stereocenters. The molecule has 1 aliphatic heterocycles. The van der Waals surface area contributed by atoms with Gasteiger partial charge in [-0.2, -0.15) is 14.0 Å². The highest BCUT2D eigenvalue weighted by atomic mass is 19.3. The Morgan fingerprint density at radius 1 is 1.40 bits per heavy atom. The zero-order valence-electron chi connectivity index (χ0n) is 12.4. The maximum Gasteiger partial charge on any atom is 0.360 e. The molecule has 20 heavy (non-hydrogen) atoms. The third-order valence-electron chi connectivity index (χ3n) is 4.68. The lowest BCUT2D eigenvalue weighted by molar-refractivity contribution is -0.415. The number of hydrogen-bond acceptors (Lipinski definition) is 3. The zero-order valence-corrected chi connectivity index (χ0v) is 12.4. The number of hydrogen-bond donors (Lipinski definition) is 0. The largest absolute Gasteiger partial charge is 0.360 e. The van der Waals surface area contributed by atoms with Gasteiger partial charge in [0, 0.05) is 11.8 Å². The Hall–Kier alpha value is -0.730. The maximum absolute atomic E-state index is 13.9. The highest BCUT2D eigenvalue weighted by molar-refractivity contribution is 4.94. The summed E-state index contributed by atoms with van der Waals surface area (Å²) in [6.45, 7) is 5.39. The first-order valence-electron chi connectivity index (χ1n) is 7.46. The summed E-state index contributed by atoms with van der Waals surface area (Å²) >= 11 is 0. The molecule has 0 aromatic heterocycles. The molecule has 1 saturated carbocycles. The van der Waals surface area contributed by atoms with E-state index in [4.69, 9.17) is 14.7 Å². The van der Waals surface area contributed by atoms with Crippen molar-refractivity contribution in [3.05, 3.63) is 0 Å². The number of nitriles is 1. The van der Waals surface area contributed by atoms with Crippen molar-refractivity contribution in [3.8, 4) is 6.07 Å². The summed E-state index contributed by atoms with van der Waals surface area (Å²) < 4.78 is 38.8. The van der Waals surface area contributed by atoms with Gasteiger partial charge in [-0.25, -0.2) is 0 Å². The third kappa shape index (κ3) is 2.96. The third-order valence-corrected chi connectivity index (χ3v) is 4.68. The topological polar surface area (TPSA) is 42.2 Å². The van der Waals surface area contributed by atoms with E-state index in [9.17, 15) is 8.78 Å². The van der Waals surface area contributed by atoms with Crippen LogP contribution in [0.15, 0.2) is 0 Å². The van der Waals surface area contributed by atoms with Gasteiger partial charge in [-0.05, 0) is 46.0 Å². The quantitative estimate of drug-likeness (QED) is 0.765. The Labute approximate surface area is 119 Å². The van der Waals surface area contributed by atoms with Crippen LogP contribution >= 0.6 is 0 Å². The Balaban J connectivity index is 2.08. The van der Waals surface area contributed by atoms with Crippen LogP contribution in [0.1, 0.15) is 52.9 Å². The number of halogens is 2. The monoisotopic (exact) mass is 287 g/mol. The lowest BCUT2D eigenvalue weighted by Crippen LogP contribution is -2.52. The standard InChI is InChI=1S/C15H23F2NO2/c1-4-13(7-10(2)9-18)19-14(3)11-5-6-12(8-11)15(16,17)20-14/h10-13H,4-8H2,1-3H3. The Kier molecular flexibility index (Phi) is 4.36. The average Bonchev–Trinajstić information content (AvgIpc) is 2.84. The van der Waals surface area contributed by atoms with E-state index < -0.39 is 17.8 Å². The summed E-state index contributed by atoms with van der Waals surface area (Å²) in [5.74, 6) is -2.02. The summed E-state index contributed by atoms with van der Waals surface area (Å²) in [4.78, 5) is 0. The molecule has 2 aliphatic rings. The van der Waals surface area contributed by atoms with Crippen LogP contribution in [0.4, 0.5) is 8.78 Å². The molecule has 5 unspecified atom stereocenters. The normalized spacial score (nSPS) is 38.2. The molecule has 5 heteroatoms. The molecule has 1 heterocycles. The lowest BCUT2D eigenvalue weighted by atomic mass is 9.92. The van der Waals surface area contributed by atoms with Gasteiger partial charge in [0.15, 0.2) is 5.79 Å². The fourth-order valence-corrected chi connectivity index (χ4v) is 3.40. The summed E-state index contributed by atoms with van der Waals surface area (Å²) in [5.41, 5.74) is 0. The minimum Gasteiger partial charge on any atom is -0.346 e. The molecule has 1 aliphatic carbocycles. The van der Waals surface area contributed by atoms with E-state index in [0.717, 1.165) is 6.42 Å². The Morgan fingerprint density at radius 3 is 2.65 bits per heavy atom. The van der Waals surface area contributed by atoms with Crippen molar-refractivity contribution in [1.29, 1.82) is 5.26 Å². The SMILES string of the molecule is CCC(CC(C)C#N)OC1(C)OC(F)(F)C2CCC1C2. The van der Waals surface area contributed by atoms with Crippen LogP contribution in [0, 0.1) is 29.1 Å². The molecule has 0 N–H and O–H groups in total. The van der Waals surface area contributed by atoms with Gasteiger partial charge in [0.05, 0.1) is 18.1 Å². The van der Waals surface area contributed by atoms with E-state index >= 15 is 0 Å². The van der Waals surface area contributed by atoms with Crippen LogP contribution in [-0.2, 0) is 9.47 Å². The molecule has 114 valence electrons. The number of ether oxygens (including phenoxy) is 2. The first-order chi connectivity index (χ1) is 9.30. The molecule has 0 aromatic rings. The summed E-state index contributed by atoms with van der Waals surface area (Å²) in [6.07, 6.45) is -0.388. The van der Waals surface area contributed by atoms with Crippen LogP contribution in [0.5, 0.6) is 0 Å². The summed E-state index contributed by atoms with van der Waals surface area (Å²) in [5, 5.41) is 8.88. The number of alkyl halides is 2. The molecule has 0 amide bonds.